The van der Waals surface area contributed by atoms with Crippen molar-refractivity contribution in [3.63, 3.8) is 0 Å². The number of rotatable bonds is 2. The minimum Gasteiger partial charge on any atom is -0.388 e. The molecule has 0 fully saturated rings. The van der Waals surface area contributed by atoms with Gasteiger partial charge in [0, 0.05) is 30.1 Å². The maximum atomic E-state index is 5.92. The van der Waals surface area contributed by atoms with Gasteiger partial charge in [-0.05, 0) is 24.6 Å². The number of aromatic nitrogens is 1. The van der Waals surface area contributed by atoms with E-state index in [-0.39, 0.29) is 0 Å². The molecule has 0 amide bonds. The Hall–Kier alpha value is -1.54. The van der Waals surface area contributed by atoms with Crippen LogP contribution in [0.1, 0.15) is 5.56 Å². The summed E-state index contributed by atoms with van der Waals surface area (Å²) >= 11 is 5.92. The molecule has 0 bridgehead atoms. The Labute approximate surface area is 100 Å². The van der Waals surface area contributed by atoms with Gasteiger partial charge in [-0.25, -0.2) is 4.98 Å². The molecule has 16 heavy (non-hydrogen) atoms. The minimum atomic E-state index is 0.561. The molecule has 0 saturated carbocycles. The summed E-state index contributed by atoms with van der Waals surface area (Å²) in [6.45, 7) is 1.96. The van der Waals surface area contributed by atoms with Crippen molar-refractivity contribution in [2.24, 2.45) is 0 Å². The number of benzene rings is 1. The monoisotopic (exact) mass is 232 g/mol. The van der Waals surface area contributed by atoms with Crippen LogP contribution in [0.4, 0.5) is 5.69 Å². The predicted molar refractivity (Wildman–Crippen MR) is 69.0 cm³/mol. The van der Waals surface area contributed by atoms with Crippen LogP contribution in [-0.4, -0.2) is 12.0 Å². The van der Waals surface area contributed by atoms with Gasteiger partial charge in [0.25, 0.3) is 0 Å². The Balaban J connectivity index is 2.54. The van der Waals surface area contributed by atoms with Crippen LogP contribution in [-0.2, 0) is 0 Å². The summed E-state index contributed by atoms with van der Waals surface area (Å²) in [5, 5.41) is 3.73. The number of pyridine rings is 1. The van der Waals surface area contributed by atoms with Crippen molar-refractivity contribution in [3.8, 4) is 11.1 Å². The first-order valence-corrected chi connectivity index (χ1v) is 5.49. The van der Waals surface area contributed by atoms with Gasteiger partial charge in [0.1, 0.15) is 5.15 Å². The molecule has 0 radical (unpaired) electrons. The molecule has 0 spiro atoms. The van der Waals surface area contributed by atoms with Gasteiger partial charge in [-0.1, -0.05) is 29.8 Å². The van der Waals surface area contributed by atoms with Crippen LogP contribution in [0, 0.1) is 6.92 Å². The van der Waals surface area contributed by atoms with Crippen LogP contribution >= 0.6 is 11.6 Å². The lowest BCUT2D eigenvalue weighted by molar-refractivity contribution is 1.27. The second kappa shape index (κ2) is 4.54. The molecule has 0 aliphatic carbocycles. The van der Waals surface area contributed by atoms with Crippen molar-refractivity contribution in [1.82, 2.24) is 4.98 Å². The van der Waals surface area contributed by atoms with Crippen molar-refractivity contribution >= 4 is 17.3 Å². The van der Waals surface area contributed by atoms with Gasteiger partial charge in [0.05, 0.1) is 0 Å². The predicted octanol–water partition coefficient (Wildman–Crippen LogP) is 3.75. The molecule has 2 nitrogen and oxygen atoms in total. The van der Waals surface area contributed by atoms with E-state index < -0.39 is 0 Å². The fourth-order valence-corrected chi connectivity index (χ4v) is 1.76. The molecule has 82 valence electrons. The third-order valence-corrected chi connectivity index (χ3v) is 2.92. The highest BCUT2D eigenvalue weighted by molar-refractivity contribution is 6.30. The molecule has 2 aromatic rings. The van der Waals surface area contributed by atoms with Crippen LogP contribution in [0.15, 0.2) is 36.5 Å². The van der Waals surface area contributed by atoms with E-state index in [1.165, 1.54) is 0 Å². The molecule has 2 rings (SSSR count). The van der Waals surface area contributed by atoms with Crippen LogP contribution < -0.4 is 5.32 Å². The van der Waals surface area contributed by atoms with Gasteiger partial charge in [-0.3, -0.25) is 0 Å². The summed E-state index contributed by atoms with van der Waals surface area (Å²) in [6, 6.07) is 10.2. The Bertz CT molecular complexity index is 509. The lowest BCUT2D eigenvalue weighted by Crippen LogP contribution is -1.92. The standard InChI is InChI=1S/C13H13ClN2/c1-9-7-10(8-16-13(9)14)11-5-3-4-6-12(11)15-2/h3-8,15H,1-2H3. The lowest BCUT2D eigenvalue weighted by atomic mass is 10.0. The SMILES string of the molecule is CNc1ccccc1-c1cnc(Cl)c(C)c1. The summed E-state index contributed by atoms with van der Waals surface area (Å²) < 4.78 is 0. The zero-order chi connectivity index (χ0) is 11.5. The second-order valence-electron chi connectivity index (χ2n) is 3.63. The summed E-state index contributed by atoms with van der Waals surface area (Å²) in [6.07, 6.45) is 1.80. The van der Waals surface area contributed by atoms with Crippen LogP contribution in [0.3, 0.4) is 0 Å². The Morgan fingerprint density at radius 3 is 2.69 bits per heavy atom. The number of halogens is 1. The van der Waals surface area contributed by atoms with E-state index in [9.17, 15) is 0 Å². The number of nitrogens with zero attached hydrogens (tertiary/aromatic N) is 1. The largest absolute Gasteiger partial charge is 0.388 e. The summed E-state index contributed by atoms with van der Waals surface area (Å²) in [4.78, 5) is 4.17. The van der Waals surface area contributed by atoms with Crippen LogP contribution in [0.5, 0.6) is 0 Å². The average molecular weight is 233 g/mol. The van der Waals surface area contributed by atoms with E-state index in [4.69, 9.17) is 11.6 Å². The highest BCUT2D eigenvalue weighted by Crippen LogP contribution is 2.28. The third kappa shape index (κ3) is 2.02. The number of para-hydroxylation sites is 1. The van der Waals surface area contributed by atoms with Crippen molar-refractivity contribution in [3.05, 3.63) is 47.2 Å². The smallest absolute Gasteiger partial charge is 0.131 e. The van der Waals surface area contributed by atoms with Gasteiger partial charge in [0.15, 0.2) is 0 Å². The maximum absolute atomic E-state index is 5.92. The molecular weight excluding hydrogens is 220 g/mol. The first-order chi connectivity index (χ1) is 7.72. The van der Waals surface area contributed by atoms with Gasteiger partial charge in [-0.15, -0.1) is 0 Å². The first kappa shape index (κ1) is 11.0. The molecule has 1 N–H and O–H groups in total. The van der Waals surface area contributed by atoms with E-state index in [0.29, 0.717) is 5.15 Å². The van der Waals surface area contributed by atoms with Gasteiger partial charge < -0.3 is 5.32 Å². The highest BCUT2D eigenvalue weighted by Gasteiger charge is 2.05. The van der Waals surface area contributed by atoms with E-state index in [2.05, 4.69) is 16.4 Å². The maximum Gasteiger partial charge on any atom is 0.131 e. The van der Waals surface area contributed by atoms with E-state index in [1.54, 1.807) is 6.20 Å². The second-order valence-corrected chi connectivity index (χ2v) is 3.99. The Morgan fingerprint density at radius 2 is 2.00 bits per heavy atom. The molecule has 1 heterocycles. The molecular formula is C13H13ClN2. The molecule has 0 atom stereocenters. The molecule has 0 aliphatic heterocycles. The highest BCUT2D eigenvalue weighted by atomic mass is 35.5. The average Bonchev–Trinajstić information content (AvgIpc) is 2.32. The number of hydrogen-bond donors (Lipinski definition) is 1. The number of aryl methyl sites for hydroxylation is 1. The van der Waals surface area contributed by atoms with Crippen molar-refractivity contribution in [2.75, 3.05) is 12.4 Å². The Kier molecular flexibility index (Phi) is 3.11. The summed E-state index contributed by atoms with van der Waals surface area (Å²) in [5.74, 6) is 0. The zero-order valence-corrected chi connectivity index (χ0v) is 10.0. The minimum absolute atomic E-state index is 0.561. The lowest BCUT2D eigenvalue weighted by Gasteiger charge is -2.09. The van der Waals surface area contributed by atoms with E-state index in [1.807, 2.05) is 38.2 Å². The Morgan fingerprint density at radius 1 is 1.25 bits per heavy atom. The normalized spacial score (nSPS) is 10.2. The third-order valence-electron chi connectivity index (χ3n) is 2.52. The van der Waals surface area contributed by atoms with Gasteiger partial charge >= 0.3 is 0 Å². The van der Waals surface area contributed by atoms with E-state index in [0.717, 1.165) is 22.4 Å². The first-order valence-electron chi connectivity index (χ1n) is 5.11. The van der Waals surface area contributed by atoms with Crippen LogP contribution in [0.25, 0.3) is 11.1 Å². The van der Waals surface area contributed by atoms with Crippen LogP contribution in [0.2, 0.25) is 5.15 Å². The number of anilines is 1. The summed E-state index contributed by atoms with van der Waals surface area (Å²) in [7, 11) is 1.91. The van der Waals surface area contributed by atoms with Gasteiger partial charge in [-0.2, -0.15) is 0 Å². The molecule has 0 saturated heterocycles. The molecule has 0 aliphatic rings. The zero-order valence-electron chi connectivity index (χ0n) is 9.29. The molecule has 0 unspecified atom stereocenters. The fourth-order valence-electron chi connectivity index (χ4n) is 1.66. The van der Waals surface area contributed by atoms with E-state index >= 15 is 0 Å². The molecule has 1 aromatic carbocycles. The quantitative estimate of drug-likeness (QED) is 0.798. The topological polar surface area (TPSA) is 24.9 Å². The fraction of sp³-hybridized carbons (Fsp3) is 0.154. The van der Waals surface area contributed by atoms with Gasteiger partial charge in [0.2, 0.25) is 0 Å². The summed E-state index contributed by atoms with van der Waals surface area (Å²) in [5.41, 5.74) is 4.29. The number of hydrogen-bond acceptors (Lipinski definition) is 2. The number of nitrogens with one attached hydrogen (secondary N) is 1. The molecule has 1 aromatic heterocycles. The van der Waals surface area contributed by atoms with Crippen molar-refractivity contribution in [1.29, 1.82) is 0 Å². The molecule has 3 heteroatoms. The van der Waals surface area contributed by atoms with Crippen molar-refractivity contribution in [2.45, 2.75) is 6.92 Å². The van der Waals surface area contributed by atoms with Crippen molar-refractivity contribution < 1.29 is 0 Å².